The van der Waals surface area contributed by atoms with Crippen molar-refractivity contribution in [3.05, 3.63) is 71.7 Å². The highest BCUT2D eigenvalue weighted by Crippen LogP contribution is 2.45. The van der Waals surface area contributed by atoms with Crippen molar-refractivity contribution in [1.29, 1.82) is 0 Å². The lowest BCUT2D eigenvalue weighted by Gasteiger charge is -2.19. The van der Waals surface area contributed by atoms with Gasteiger partial charge in [-0.15, -0.1) is 0 Å². The fourth-order valence-electron chi connectivity index (χ4n) is 4.04. The number of carbonyl (C=O) groups excluding carboxylic acids is 3. The molecule has 0 aliphatic heterocycles. The highest BCUT2D eigenvalue weighted by molar-refractivity contribution is 6.11. The number of rotatable bonds is 8. The number of pyridine rings is 1. The molecule has 1 heterocycles. The number of hydrogen-bond donors (Lipinski definition) is 0. The van der Waals surface area contributed by atoms with Crippen LogP contribution in [0.2, 0.25) is 0 Å². The van der Waals surface area contributed by atoms with Crippen LogP contribution in [0.3, 0.4) is 0 Å². The number of ketones is 2. The molecule has 0 N–H and O–H groups in total. The summed E-state index contributed by atoms with van der Waals surface area (Å²) in [5.41, 5.74) is 3.53. The summed E-state index contributed by atoms with van der Waals surface area (Å²) in [6.45, 7) is 5.16. The van der Waals surface area contributed by atoms with E-state index in [0.717, 1.165) is 46.1 Å². The molecule has 0 bridgehead atoms. The molecule has 1 aliphatic rings. The van der Waals surface area contributed by atoms with Gasteiger partial charge in [-0.25, -0.2) is 4.39 Å². The molecular weight excluding hydrogens is 445 g/mol. The molecule has 5 nitrogen and oxygen atoms in total. The van der Waals surface area contributed by atoms with Crippen molar-refractivity contribution in [1.82, 2.24) is 4.98 Å². The zero-order valence-corrected chi connectivity index (χ0v) is 20.1. The van der Waals surface area contributed by atoms with Crippen molar-refractivity contribution in [2.75, 3.05) is 0 Å². The minimum Gasteiger partial charge on any atom is -0.460 e. The van der Waals surface area contributed by atoms with Crippen molar-refractivity contribution in [2.24, 2.45) is 0 Å². The summed E-state index contributed by atoms with van der Waals surface area (Å²) in [6, 6.07) is 14.0. The molecule has 0 spiro atoms. The molecule has 4 rings (SSSR count). The standard InChI is InChI=1S/C29H28FNO4/c1-29(2,3)35-26(34)17-22(33)16-21(32)14-15-24-27(18-10-12-20(30)13-11-18)23-6-4-5-7-25(23)31-28(24)19-8-9-19/h4-7,10-15,19H,8-9,16-17H2,1-3H3/b15-14+. The summed E-state index contributed by atoms with van der Waals surface area (Å²) in [5.74, 6) is -1.58. The van der Waals surface area contributed by atoms with Gasteiger partial charge in [-0.3, -0.25) is 19.4 Å². The maximum atomic E-state index is 13.7. The molecule has 2 aromatic carbocycles. The second-order valence-corrected chi connectivity index (χ2v) is 9.86. The predicted molar refractivity (Wildman–Crippen MR) is 133 cm³/mol. The van der Waals surface area contributed by atoms with Gasteiger partial charge in [-0.1, -0.05) is 30.3 Å². The number of benzene rings is 2. The van der Waals surface area contributed by atoms with Crippen molar-refractivity contribution >= 4 is 34.5 Å². The van der Waals surface area contributed by atoms with Crippen LogP contribution in [-0.4, -0.2) is 28.1 Å². The molecular formula is C29H28FNO4. The van der Waals surface area contributed by atoms with E-state index >= 15 is 0 Å². The van der Waals surface area contributed by atoms with Crippen LogP contribution in [0, 0.1) is 5.82 Å². The molecule has 35 heavy (non-hydrogen) atoms. The number of para-hydroxylation sites is 1. The number of halogens is 1. The normalized spacial score (nSPS) is 13.8. The van der Waals surface area contributed by atoms with Gasteiger partial charge in [0, 0.05) is 22.4 Å². The number of hydrogen-bond acceptors (Lipinski definition) is 5. The van der Waals surface area contributed by atoms with Crippen LogP contribution in [0.4, 0.5) is 4.39 Å². The smallest absolute Gasteiger partial charge is 0.313 e. The Labute approximate surface area is 204 Å². The Hall–Kier alpha value is -3.67. The SMILES string of the molecule is CC(C)(C)OC(=O)CC(=O)CC(=O)/C=C/c1c(C2CC2)nc2ccccc2c1-c1ccc(F)cc1. The minimum absolute atomic E-state index is 0.294. The highest BCUT2D eigenvalue weighted by Gasteiger charge is 2.29. The molecule has 1 fully saturated rings. The molecule has 0 amide bonds. The average Bonchev–Trinajstić information content (AvgIpc) is 3.61. The van der Waals surface area contributed by atoms with Gasteiger partial charge in [0.05, 0.1) is 17.6 Å². The maximum Gasteiger partial charge on any atom is 0.313 e. The first-order valence-electron chi connectivity index (χ1n) is 11.7. The van der Waals surface area contributed by atoms with Gasteiger partial charge >= 0.3 is 5.97 Å². The second-order valence-electron chi connectivity index (χ2n) is 9.86. The van der Waals surface area contributed by atoms with E-state index in [0.29, 0.717) is 5.92 Å². The molecule has 0 saturated heterocycles. The zero-order valence-electron chi connectivity index (χ0n) is 20.1. The second kappa shape index (κ2) is 9.90. The molecule has 1 aliphatic carbocycles. The third-order valence-electron chi connectivity index (χ3n) is 5.63. The number of fused-ring (bicyclic) bond motifs is 1. The van der Waals surface area contributed by atoms with Crippen LogP contribution in [0.25, 0.3) is 28.1 Å². The molecule has 1 saturated carbocycles. The number of aromatic nitrogens is 1. The topological polar surface area (TPSA) is 73.3 Å². The lowest BCUT2D eigenvalue weighted by molar-refractivity contribution is -0.156. The number of allylic oxidation sites excluding steroid dienone is 1. The van der Waals surface area contributed by atoms with Gasteiger partial charge in [0.25, 0.3) is 0 Å². The summed E-state index contributed by atoms with van der Waals surface area (Å²) < 4.78 is 18.8. The van der Waals surface area contributed by atoms with E-state index in [1.807, 2.05) is 24.3 Å². The Bertz CT molecular complexity index is 1320. The average molecular weight is 474 g/mol. The fourth-order valence-corrected chi connectivity index (χ4v) is 4.04. The first-order chi connectivity index (χ1) is 16.6. The fraction of sp³-hybridized carbons (Fsp3) is 0.310. The third-order valence-corrected chi connectivity index (χ3v) is 5.63. The summed E-state index contributed by atoms with van der Waals surface area (Å²) in [5, 5.41) is 0.900. The quantitative estimate of drug-likeness (QED) is 0.222. The first kappa shape index (κ1) is 24.5. The number of nitrogens with zero attached hydrogens (tertiary/aromatic N) is 1. The van der Waals surface area contributed by atoms with Crippen LogP contribution in [0.5, 0.6) is 0 Å². The van der Waals surface area contributed by atoms with Crippen LogP contribution in [0.15, 0.2) is 54.6 Å². The van der Waals surface area contributed by atoms with Gasteiger partial charge in [-0.2, -0.15) is 0 Å². The zero-order chi connectivity index (χ0) is 25.2. The predicted octanol–water partition coefficient (Wildman–Crippen LogP) is 6.19. The van der Waals surface area contributed by atoms with Crippen molar-refractivity contribution in [3.63, 3.8) is 0 Å². The lowest BCUT2D eigenvalue weighted by atomic mass is 9.92. The number of carbonyl (C=O) groups is 3. The third kappa shape index (κ3) is 6.27. The Morgan fingerprint density at radius 1 is 1.03 bits per heavy atom. The molecule has 0 unspecified atom stereocenters. The van der Waals surface area contributed by atoms with E-state index in [-0.39, 0.29) is 12.2 Å². The molecule has 0 atom stereocenters. The van der Waals surface area contributed by atoms with E-state index < -0.39 is 29.6 Å². The van der Waals surface area contributed by atoms with Gasteiger partial charge < -0.3 is 4.74 Å². The van der Waals surface area contributed by atoms with Crippen molar-refractivity contribution < 1.29 is 23.5 Å². The Kier molecular flexibility index (Phi) is 6.92. The lowest BCUT2D eigenvalue weighted by Crippen LogP contribution is -2.25. The summed E-state index contributed by atoms with van der Waals surface area (Å²) in [7, 11) is 0. The number of esters is 1. The van der Waals surface area contributed by atoms with Crippen molar-refractivity contribution in [2.45, 2.75) is 58.0 Å². The van der Waals surface area contributed by atoms with Crippen LogP contribution in [0.1, 0.15) is 63.6 Å². The van der Waals surface area contributed by atoms with Crippen LogP contribution in [-0.2, 0) is 19.1 Å². The highest BCUT2D eigenvalue weighted by atomic mass is 19.1. The van der Waals surface area contributed by atoms with Gasteiger partial charge in [-0.05, 0) is 69.5 Å². The number of ether oxygens (including phenoxy) is 1. The van der Waals surface area contributed by atoms with Gasteiger partial charge in [0.2, 0.25) is 0 Å². The van der Waals surface area contributed by atoms with Crippen LogP contribution >= 0.6 is 0 Å². The van der Waals surface area contributed by atoms with E-state index in [1.54, 1.807) is 39.0 Å². The summed E-state index contributed by atoms with van der Waals surface area (Å²) >= 11 is 0. The van der Waals surface area contributed by atoms with Gasteiger partial charge in [0.15, 0.2) is 11.6 Å². The minimum atomic E-state index is -0.694. The maximum absolute atomic E-state index is 13.7. The first-order valence-corrected chi connectivity index (χ1v) is 11.7. The van der Waals surface area contributed by atoms with E-state index in [9.17, 15) is 18.8 Å². The molecule has 180 valence electrons. The van der Waals surface area contributed by atoms with Crippen molar-refractivity contribution in [3.8, 4) is 11.1 Å². The van der Waals surface area contributed by atoms with Crippen LogP contribution < -0.4 is 0 Å². The van der Waals surface area contributed by atoms with Gasteiger partial charge in [0.1, 0.15) is 17.8 Å². The summed E-state index contributed by atoms with van der Waals surface area (Å²) in [4.78, 5) is 41.6. The molecule has 3 aromatic rings. The van der Waals surface area contributed by atoms with E-state index in [2.05, 4.69) is 0 Å². The molecule has 6 heteroatoms. The Morgan fingerprint density at radius 2 is 1.71 bits per heavy atom. The Balaban J connectivity index is 1.65. The molecule has 0 radical (unpaired) electrons. The number of Topliss-reactive ketones (excluding diaryl/α,β-unsaturated/α-hetero) is 1. The van der Waals surface area contributed by atoms with E-state index in [1.165, 1.54) is 18.2 Å². The monoisotopic (exact) mass is 473 g/mol. The summed E-state index contributed by atoms with van der Waals surface area (Å²) in [6.07, 6.45) is 4.27. The largest absolute Gasteiger partial charge is 0.460 e. The molecule has 1 aromatic heterocycles. The Morgan fingerprint density at radius 3 is 2.37 bits per heavy atom. The van der Waals surface area contributed by atoms with E-state index in [4.69, 9.17) is 9.72 Å².